The normalized spacial score (nSPS) is 10.7. The quantitative estimate of drug-likeness (QED) is 0.310. The van der Waals surface area contributed by atoms with E-state index in [1.165, 1.54) is 5.69 Å². The van der Waals surface area contributed by atoms with Crippen molar-refractivity contribution < 1.29 is 4.79 Å². The smallest absolute Gasteiger partial charge is 0.224 e. The molecule has 0 aliphatic rings. The molecule has 0 bridgehead atoms. The molecular weight excluding hydrogens is 441 g/mol. The van der Waals surface area contributed by atoms with Crippen LogP contribution < -0.4 is 15.5 Å². The van der Waals surface area contributed by atoms with Crippen molar-refractivity contribution in [1.29, 1.82) is 0 Å². The molecule has 1 rings (SSSR count). The van der Waals surface area contributed by atoms with Crippen LogP contribution in [0.15, 0.2) is 35.3 Å². The molecular formula is C19H34IN5O. The zero-order chi connectivity index (χ0) is 18.5. The summed E-state index contributed by atoms with van der Waals surface area (Å²) in [5.41, 5.74) is 1.19. The number of nitrogens with one attached hydrogen (secondary N) is 2. The molecule has 26 heavy (non-hydrogen) atoms. The molecule has 1 aromatic rings. The van der Waals surface area contributed by atoms with Gasteiger partial charge in [0.2, 0.25) is 5.91 Å². The highest BCUT2D eigenvalue weighted by molar-refractivity contribution is 14.0. The van der Waals surface area contributed by atoms with Crippen LogP contribution in [0.1, 0.15) is 27.2 Å². The van der Waals surface area contributed by atoms with Crippen molar-refractivity contribution in [1.82, 2.24) is 15.5 Å². The first-order valence-electron chi connectivity index (χ1n) is 9.18. The maximum absolute atomic E-state index is 12.0. The van der Waals surface area contributed by atoms with E-state index >= 15 is 0 Å². The van der Waals surface area contributed by atoms with Gasteiger partial charge in [-0.25, -0.2) is 0 Å². The van der Waals surface area contributed by atoms with Crippen molar-refractivity contribution in [3.05, 3.63) is 30.3 Å². The van der Waals surface area contributed by atoms with Crippen molar-refractivity contribution in [2.75, 3.05) is 51.2 Å². The Morgan fingerprint density at radius 2 is 1.73 bits per heavy atom. The second-order valence-corrected chi connectivity index (χ2v) is 5.76. The van der Waals surface area contributed by atoms with Crippen molar-refractivity contribution in [2.45, 2.75) is 27.2 Å². The van der Waals surface area contributed by atoms with Gasteiger partial charge in [-0.1, -0.05) is 18.2 Å². The van der Waals surface area contributed by atoms with E-state index in [4.69, 9.17) is 0 Å². The molecule has 0 aromatic heterocycles. The maximum Gasteiger partial charge on any atom is 0.224 e. The lowest BCUT2D eigenvalue weighted by molar-refractivity contribution is -0.130. The van der Waals surface area contributed by atoms with E-state index in [-0.39, 0.29) is 29.9 Å². The molecule has 6 nitrogen and oxygen atoms in total. The molecule has 1 aromatic carbocycles. The maximum atomic E-state index is 12.0. The molecule has 0 aliphatic carbocycles. The predicted molar refractivity (Wildman–Crippen MR) is 122 cm³/mol. The number of rotatable bonds is 10. The van der Waals surface area contributed by atoms with Crippen LogP contribution in [-0.2, 0) is 4.79 Å². The third kappa shape index (κ3) is 9.26. The van der Waals surface area contributed by atoms with E-state index in [2.05, 4.69) is 39.7 Å². The number of anilines is 1. The lowest BCUT2D eigenvalue weighted by atomic mass is 10.3. The van der Waals surface area contributed by atoms with Gasteiger partial charge in [0, 0.05) is 51.9 Å². The highest BCUT2D eigenvalue weighted by Crippen LogP contribution is 2.09. The summed E-state index contributed by atoms with van der Waals surface area (Å²) in [5, 5.41) is 6.55. The molecule has 0 aliphatic heterocycles. The Morgan fingerprint density at radius 1 is 1.08 bits per heavy atom. The third-order valence-electron chi connectivity index (χ3n) is 3.99. The van der Waals surface area contributed by atoms with Gasteiger partial charge in [-0.3, -0.25) is 9.79 Å². The van der Waals surface area contributed by atoms with Crippen molar-refractivity contribution in [2.24, 2.45) is 4.99 Å². The molecule has 0 saturated carbocycles. The molecule has 0 unspecified atom stereocenters. The Bertz CT molecular complexity index is 520. The number of para-hydroxylation sites is 1. The van der Waals surface area contributed by atoms with Crippen molar-refractivity contribution >= 4 is 41.5 Å². The minimum atomic E-state index is 0. The number of hydrogen-bond donors (Lipinski definition) is 2. The zero-order valence-electron chi connectivity index (χ0n) is 16.5. The molecule has 0 spiro atoms. The number of carbonyl (C=O) groups excluding carboxylic acids is 1. The number of guanidine groups is 1. The summed E-state index contributed by atoms with van der Waals surface area (Å²) >= 11 is 0. The Labute approximate surface area is 175 Å². The second kappa shape index (κ2) is 14.6. The van der Waals surface area contributed by atoms with E-state index in [0.29, 0.717) is 13.0 Å². The van der Waals surface area contributed by atoms with Crippen LogP contribution >= 0.6 is 24.0 Å². The molecule has 0 heterocycles. The summed E-state index contributed by atoms with van der Waals surface area (Å²) in [5.74, 6) is 0.921. The summed E-state index contributed by atoms with van der Waals surface area (Å²) in [7, 11) is 2.07. The zero-order valence-corrected chi connectivity index (χ0v) is 18.8. The first-order chi connectivity index (χ1) is 12.1. The van der Waals surface area contributed by atoms with E-state index in [0.717, 1.165) is 38.7 Å². The molecule has 7 heteroatoms. The molecule has 2 N–H and O–H groups in total. The predicted octanol–water partition coefficient (Wildman–Crippen LogP) is 2.55. The fourth-order valence-electron chi connectivity index (χ4n) is 2.49. The third-order valence-corrected chi connectivity index (χ3v) is 3.99. The Balaban J connectivity index is 0.00000625. The lowest BCUT2D eigenvalue weighted by Gasteiger charge is -2.20. The number of benzene rings is 1. The summed E-state index contributed by atoms with van der Waals surface area (Å²) in [6, 6.07) is 10.3. The first kappa shape index (κ1) is 24.5. The van der Waals surface area contributed by atoms with Gasteiger partial charge >= 0.3 is 0 Å². The molecule has 0 saturated heterocycles. The Hall–Kier alpha value is -1.51. The minimum Gasteiger partial charge on any atom is -0.373 e. The summed E-state index contributed by atoms with van der Waals surface area (Å²) in [6.45, 7) is 10.5. The number of amides is 1. The highest BCUT2D eigenvalue weighted by Gasteiger charge is 2.08. The molecule has 0 atom stereocenters. The summed E-state index contributed by atoms with van der Waals surface area (Å²) in [4.78, 5) is 20.5. The summed E-state index contributed by atoms with van der Waals surface area (Å²) < 4.78 is 0. The standard InChI is InChI=1S/C19H33N5O.HI/c1-5-20-19(21-14-13-18(25)24(6-2)7-3)22-15-16-23(4)17-11-9-8-10-12-17;/h8-12H,5-7,13-16H2,1-4H3,(H2,20,21,22);1H. The number of carbonyl (C=O) groups is 1. The summed E-state index contributed by atoms with van der Waals surface area (Å²) in [6.07, 6.45) is 0.447. The van der Waals surface area contributed by atoms with Gasteiger partial charge in [-0.15, -0.1) is 24.0 Å². The van der Waals surface area contributed by atoms with Crippen molar-refractivity contribution in [3.63, 3.8) is 0 Å². The molecule has 148 valence electrons. The van der Waals surface area contributed by atoms with Crippen LogP contribution in [0.3, 0.4) is 0 Å². The average Bonchev–Trinajstić information content (AvgIpc) is 2.63. The average molecular weight is 475 g/mol. The van der Waals surface area contributed by atoms with Crippen LogP contribution in [0.4, 0.5) is 5.69 Å². The van der Waals surface area contributed by atoms with Gasteiger partial charge in [0.15, 0.2) is 5.96 Å². The second-order valence-electron chi connectivity index (χ2n) is 5.76. The molecule has 1 amide bonds. The van der Waals surface area contributed by atoms with E-state index in [1.807, 2.05) is 43.9 Å². The van der Waals surface area contributed by atoms with Gasteiger partial charge in [0.1, 0.15) is 0 Å². The first-order valence-corrected chi connectivity index (χ1v) is 9.18. The molecule has 0 fully saturated rings. The van der Waals surface area contributed by atoms with Crippen LogP contribution in [0.5, 0.6) is 0 Å². The fraction of sp³-hybridized carbons (Fsp3) is 0.579. The Morgan fingerprint density at radius 3 is 2.31 bits per heavy atom. The van der Waals surface area contributed by atoms with E-state index < -0.39 is 0 Å². The number of halogens is 1. The van der Waals surface area contributed by atoms with E-state index in [1.54, 1.807) is 0 Å². The van der Waals surface area contributed by atoms with Gasteiger partial charge in [0.05, 0.1) is 6.54 Å². The topological polar surface area (TPSA) is 60.0 Å². The van der Waals surface area contributed by atoms with Crippen molar-refractivity contribution in [3.8, 4) is 0 Å². The molecule has 0 radical (unpaired) electrons. The van der Waals surface area contributed by atoms with Gasteiger partial charge in [-0.05, 0) is 32.9 Å². The van der Waals surface area contributed by atoms with Gasteiger partial charge < -0.3 is 20.4 Å². The number of likely N-dealkylation sites (N-methyl/N-ethyl adjacent to an activating group) is 1. The fourth-order valence-corrected chi connectivity index (χ4v) is 2.49. The number of nitrogens with zero attached hydrogens (tertiary/aromatic N) is 3. The lowest BCUT2D eigenvalue weighted by Crippen LogP contribution is -2.41. The number of hydrogen-bond acceptors (Lipinski definition) is 3. The largest absolute Gasteiger partial charge is 0.373 e. The van der Waals surface area contributed by atoms with E-state index in [9.17, 15) is 4.79 Å². The SMILES string of the molecule is CCNC(=NCCC(=O)N(CC)CC)NCCN(C)c1ccccc1.I. The highest BCUT2D eigenvalue weighted by atomic mass is 127. The monoisotopic (exact) mass is 475 g/mol. The number of aliphatic imine (C=N–C) groups is 1. The Kier molecular flexibility index (Phi) is 13.8. The van der Waals surface area contributed by atoms with Gasteiger partial charge in [-0.2, -0.15) is 0 Å². The van der Waals surface area contributed by atoms with Crippen LogP contribution in [0.25, 0.3) is 0 Å². The minimum absolute atomic E-state index is 0. The van der Waals surface area contributed by atoms with Crippen LogP contribution in [-0.4, -0.2) is 63.1 Å². The van der Waals surface area contributed by atoms with Crippen LogP contribution in [0, 0.1) is 0 Å². The van der Waals surface area contributed by atoms with Gasteiger partial charge in [0.25, 0.3) is 0 Å². The van der Waals surface area contributed by atoms with Crippen LogP contribution in [0.2, 0.25) is 0 Å².